The van der Waals surface area contributed by atoms with Gasteiger partial charge in [-0.05, 0) is 43.1 Å². The molecule has 29 heavy (non-hydrogen) atoms. The summed E-state index contributed by atoms with van der Waals surface area (Å²) < 4.78 is 1.75. The smallest absolute Gasteiger partial charge is 0.224 e. The van der Waals surface area contributed by atoms with Crippen molar-refractivity contribution in [3.63, 3.8) is 0 Å². The third-order valence-corrected chi connectivity index (χ3v) is 7.20. The normalized spacial score (nSPS) is 29.4. The second-order valence-electron chi connectivity index (χ2n) is 9.11. The Hall–Kier alpha value is -2.21. The van der Waals surface area contributed by atoms with Gasteiger partial charge in [0.2, 0.25) is 5.91 Å². The molecule has 0 saturated carbocycles. The SMILES string of the molecule is O=C(CCn1cncn1)N1C[C@@H]2C[C@H](C1)[C@@H]1CCC[C@H](Cc3ccccc3)N1C2. The molecule has 3 saturated heterocycles. The lowest BCUT2D eigenvalue weighted by molar-refractivity contribution is -0.139. The quantitative estimate of drug-likeness (QED) is 0.784. The Morgan fingerprint density at radius 1 is 1.10 bits per heavy atom. The van der Waals surface area contributed by atoms with Crippen molar-refractivity contribution >= 4 is 5.91 Å². The van der Waals surface area contributed by atoms with Crippen LogP contribution in [0.3, 0.4) is 0 Å². The maximum absolute atomic E-state index is 12.8. The van der Waals surface area contributed by atoms with Crippen LogP contribution in [0.15, 0.2) is 43.0 Å². The lowest BCUT2D eigenvalue weighted by atomic mass is 9.74. The average molecular weight is 394 g/mol. The molecular weight excluding hydrogens is 362 g/mol. The Balaban J connectivity index is 1.23. The molecule has 4 heterocycles. The molecule has 6 nitrogen and oxygen atoms in total. The predicted octanol–water partition coefficient (Wildman–Crippen LogP) is 2.61. The van der Waals surface area contributed by atoms with Crippen LogP contribution in [0.5, 0.6) is 0 Å². The molecule has 3 aliphatic rings. The average Bonchev–Trinajstić information content (AvgIpc) is 3.27. The molecule has 0 spiro atoms. The van der Waals surface area contributed by atoms with Gasteiger partial charge in [0.1, 0.15) is 12.7 Å². The summed E-state index contributed by atoms with van der Waals surface area (Å²) >= 11 is 0. The van der Waals surface area contributed by atoms with Crippen molar-refractivity contribution in [1.82, 2.24) is 24.6 Å². The molecule has 0 N–H and O–H groups in total. The highest BCUT2D eigenvalue weighted by atomic mass is 16.2. The molecule has 6 heteroatoms. The van der Waals surface area contributed by atoms with E-state index in [0.29, 0.717) is 36.9 Å². The largest absolute Gasteiger partial charge is 0.342 e. The van der Waals surface area contributed by atoms with Crippen LogP contribution in [0.4, 0.5) is 0 Å². The maximum Gasteiger partial charge on any atom is 0.224 e. The van der Waals surface area contributed by atoms with Crippen LogP contribution in [-0.2, 0) is 17.8 Å². The van der Waals surface area contributed by atoms with Crippen molar-refractivity contribution in [3.05, 3.63) is 48.5 Å². The van der Waals surface area contributed by atoms with Crippen LogP contribution in [0.2, 0.25) is 0 Å². The minimum Gasteiger partial charge on any atom is -0.342 e. The van der Waals surface area contributed by atoms with E-state index in [9.17, 15) is 4.79 Å². The van der Waals surface area contributed by atoms with Crippen LogP contribution in [0.1, 0.15) is 37.7 Å². The number of benzene rings is 1. The fourth-order valence-electron chi connectivity index (χ4n) is 5.94. The fourth-order valence-corrected chi connectivity index (χ4v) is 5.94. The molecular formula is C23H31N5O. The molecule has 3 fully saturated rings. The van der Waals surface area contributed by atoms with Gasteiger partial charge in [-0.25, -0.2) is 4.98 Å². The summed E-state index contributed by atoms with van der Waals surface area (Å²) in [6.45, 7) is 3.64. The summed E-state index contributed by atoms with van der Waals surface area (Å²) in [5, 5.41) is 4.12. The molecule has 2 bridgehead atoms. The molecule has 5 rings (SSSR count). The van der Waals surface area contributed by atoms with Crippen LogP contribution in [0, 0.1) is 11.8 Å². The number of nitrogens with zero attached hydrogens (tertiary/aromatic N) is 5. The number of hydrogen-bond acceptors (Lipinski definition) is 4. The standard InChI is InChI=1S/C23H31N5O/c29-23(9-10-27-17-24-16-25-27)26-13-19-11-20(15-26)22-8-4-7-21(28(22)14-19)12-18-5-2-1-3-6-18/h1-3,5-6,16-17,19-22H,4,7-15H2/t19-,20+,21+,22-/m0/s1. The van der Waals surface area contributed by atoms with Crippen molar-refractivity contribution < 1.29 is 4.79 Å². The van der Waals surface area contributed by atoms with Crippen LogP contribution < -0.4 is 0 Å². The number of hydrogen-bond donors (Lipinski definition) is 0. The number of rotatable bonds is 5. The molecule has 0 aliphatic carbocycles. The zero-order valence-electron chi connectivity index (χ0n) is 17.1. The Kier molecular flexibility index (Phi) is 5.36. The van der Waals surface area contributed by atoms with E-state index in [4.69, 9.17) is 0 Å². The lowest BCUT2D eigenvalue weighted by Gasteiger charge is -2.55. The van der Waals surface area contributed by atoms with Crippen molar-refractivity contribution in [1.29, 1.82) is 0 Å². The number of aryl methyl sites for hydroxylation is 1. The van der Waals surface area contributed by atoms with Crippen molar-refractivity contribution in [2.75, 3.05) is 19.6 Å². The van der Waals surface area contributed by atoms with E-state index in [0.717, 1.165) is 26.1 Å². The van der Waals surface area contributed by atoms with Gasteiger partial charge in [0, 0.05) is 38.1 Å². The van der Waals surface area contributed by atoms with Gasteiger partial charge in [-0.15, -0.1) is 0 Å². The van der Waals surface area contributed by atoms with E-state index >= 15 is 0 Å². The van der Waals surface area contributed by atoms with Gasteiger partial charge >= 0.3 is 0 Å². The minimum absolute atomic E-state index is 0.278. The monoisotopic (exact) mass is 393 g/mol. The van der Waals surface area contributed by atoms with Gasteiger partial charge < -0.3 is 4.90 Å². The maximum atomic E-state index is 12.8. The zero-order valence-corrected chi connectivity index (χ0v) is 17.1. The Labute approximate surface area is 172 Å². The van der Waals surface area contributed by atoms with Gasteiger partial charge in [0.25, 0.3) is 0 Å². The first-order valence-corrected chi connectivity index (χ1v) is 11.2. The first-order valence-electron chi connectivity index (χ1n) is 11.2. The van der Waals surface area contributed by atoms with Gasteiger partial charge in [-0.2, -0.15) is 5.10 Å². The fraction of sp³-hybridized carbons (Fsp3) is 0.609. The third-order valence-electron chi connectivity index (χ3n) is 7.20. The number of fused-ring (bicyclic) bond motifs is 4. The number of amides is 1. The highest BCUT2D eigenvalue weighted by Gasteiger charge is 2.45. The van der Waals surface area contributed by atoms with Gasteiger partial charge in [-0.3, -0.25) is 14.4 Å². The summed E-state index contributed by atoms with van der Waals surface area (Å²) in [4.78, 5) is 21.8. The number of piperidine rings is 3. The van der Waals surface area contributed by atoms with Gasteiger partial charge in [0.05, 0.1) is 6.54 Å². The molecule has 4 atom stereocenters. The number of likely N-dealkylation sites (tertiary alicyclic amines) is 1. The first kappa shape index (κ1) is 18.8. The van der Waals surface area contributed by atoms with Crippen LogP contribution in [-0.4, -0.2) is 62.2 Å². The second kappa shape index (κ2) is 8.27. The number of carbonyl (C=O) groups is 1. The molecule has 3 aliphatic heterocycles. The van der Waals surface area contributed by atoms with Gasteiger partial charge in [-0.1, -0.05) is 36.8 Å². The van der Waals surface area contributed by atoms with Crippen molar-refractivity contribution in [2.24, 2.45) is 11.8 Å². The molecule has 1 aromatic carbocycles. The van der Waals surface area contributed by atoms with E-state index in [1.165, 1.54) is 37.6 Å². The Morgan fingerprint density at radius 3 is 2.83 bits per heavy atom. The summed E-state index contributed by atoms with van der Waals surface area (Å²) in [5.74, 6) is 1.54. The summed E-state index contributed by atoms with van der Waals surface area (Å²) in [6, 6.07) is 12.3. The zero-order chi connectivity index (χ0) is 19.6. The molecule has 0 unspecified atom stereocenters. The highest BCUT2D eigenvalue weighted by molar-refractivity contribution is 5.76. The molecule has 2 aromatic rings. The summed E-state index contributed by atoms with van der Waals surface area (Å²) in [5.41, 5.74) is 1.46. The van der Waals surface area contributed by atoms with Crippen molar-refractivity contribution in [2.45, 2.75) is 57.2 Å². The summed E-state index contributed by atoms with van der Waals surface area (Å²) in [6.07, 6.45) is 10.1. The molecule has 154 valence electrons. The lowest BCUT2D eigenvalue weighted by Crippen LogP contribution is -2.62. The predicted molar refractivity (Wildman–Crippen MR) is 111 cm³/mol. The Morgan fingerprint density at radius 2 is 2.00 bits per heavy atom. The Bertz CT molecular complexity index is 808. The van der Waals surface area contributed by atoms with E-state index in [1.54, 1.807) is 11.0 Å². The van der Waals surface area contributed by atoms with E-state index in [-0.39, 0.29) is 5.91 Å². The molecule has 0 radical (unpaired) electrons. The summed E-state index contributed by atoms with van der Waals surface area (Å²) in [7, 11) is 0. The van der Waals surface area contributed by atoms with Crippen molar-refractivity contribution in [3.8, 4) is 0 Å². The first-order chi connectivity index (χ1) is 14.3. The topological polar surface area (TPSA) is 54.3 Å². The number of aromatic nitrogens is 3. The van der Waals surface area contributed by atoms with Crippen LogP contribution >= 0.6 is 0 Å². The van der Waals surface area contributed by atoms with Gasteiger partial charge in [0.15, 0.2) is 0 Å². The molecule has 1 aromatic heterocycles. The van der Waals surface area contributed by atoms with E-state index in [2.05, 4.69) is 50.2 Å². The number of carbonyl (C=O) groups excluding carboxylic acids is 1. The highest BCUT2D eigenvalue weighted by Crippen LogP contribution is 2.40. The van der Waals surface area contributed by atoms with E-state index in [1.807, 2.05) is 0 Å². The third kappa shape index (κ3) is 4.08. The van der Waals surface area contributed by atoms with E-state index < -0.39 is 0 Å². The minimum atomic E-state index is 0.278. The van der Waals surface area contributed by atoms with Crippen LogP contribution in [0.25, 0.3) is 0 Å². The molecule has 1 amide bonds. The second-order valence-corrected chi connectivity index (χ2v) is 9.11.